The first-order valence-corrected chi connectivity index (χ1v) is 2.95. The molecule has 0 saturated carbocycles. The Morgan fingerprint density at radius 3 is 2.20 bits per heavy atom. The van der Waals surface area contributed by atoms with Crippen LogP contribution >= 0.6 is 0 Å². The summed E-state index contributed by atoms with van der Waals surface area (Å²) in [5.41, 5.74) is 0. The molecule has 0 aliphatic carbocycles. The second kappa shape index (κ2) is 3.98. The van der Waals surface area contributed by atoms with Crippen molar-refractivity contribution in [2.75, 3.05) is 6.67 Å². The quantitative estimate of drug-likeness (QED) is 0.595. The molecule has 58 valence electrons. The number of hydrogen-bond acceptors (Lipinski definition) is 2. The predicted octanol–water partition coefficient (Wildman–Crippen LogP) is 0.636. The van der Waals surface area contributed by atoms with Crippen molar-refractivity contribution in [1.82, 2.24) is 0 Å². The van der Waals surface area contributed by atoms with Gasteiger partial charge in [0.05, 0.1) is 0 Å². The number of ketones is 1. The van der Waals surface area contributed by atoms with E-state index in [-0.39, 0.29) is 6.42 Å². The molecule has 0 amide bonds. The van der Waals surface area contributed by atoms with Gasteiger partial charge < -0.3 is 5.11 Å². The van der Waals surface area contributed by atoms with Gasteiger partial charge in [-0.3, -0.25) is 9.59 Å². The number of carbonyl (C=O) groups excluding carboxylic acids is 1. The first-order valence-electron chi connectivity index (χ1n) is 2.95. The second-order valence-electron chi connectivity index (χ2n) is 1.90. The van der Waals surface area contributed by atoms with Crippen molar-refractivity contribution in [3.05, 3.63) is 0 Å². The highest BCUT2D eigenvalue weighted by atomic mass is 19.1. The van der Waals surface area contributed by atoms with Crippen LogP contribution in [0.5, 0.6) is 0 Å². The van der Waals surface area contributed by atoms with Gasteiger partial charge >= 0.3 is 5.97 Å². The minimum atomic E-state index is -1.25. The van der Waals surface area contributed by atoms with Crippen LogP contribution in [0.4, 0.5) is 4.39 Å². The van der Waals surface area contributed by atoms with Crippen molar-refractivity contribution in [2.24, 2.45) is 5.92 Å². The van der Waals surface area contributed by atoms with Crippen LogP contribution in [0.3, 0.4) is 0 Å². The Morgan fingerprint density at radius 2 is 2.10 bits per heavy atom. The normalized spacial score (nSPS) is 12.6. The van der Waals surface area contributed by atoms with Gasteiger partial charge in [-0.2, -0.15) is 0 Å². The van der Waals surface area contributed by atoms with E-state index in [1.165, 1.54) is 6.92 Å². The number of hydrogen-bond donors (Lipinski definition) is 1. The van der Waals surface area contributed by atoms with Crippen LogP contribution in [0, 0.1) is 5.92 Å². The average molecular weight is 148 g/mol. The zero-order valence-electron chi connectivity index (χ0n) is 5.63. The third-order valence-corrected chi connectivity index (χ3v) is 1.23. The van der Waals surface area contributed by atoms with Crippen LogP contribution < -0.4 is 0 Å². The topological polar surface area (TPSA) is 54.4 Å². The van der Waals surface area contributed by atoms with E-state index in [2.05, 4.69) is 0 Å². The largest absolute Gasteiger partial charge is 0.481 e. The third-order valence-electron chi connectivity index (χ3n) is 1.23. The lowest BCUT2D eigenvalue weighted by Gasteiger charge is -2.03. The summed E-state index contributed by atoms with van der Waals surface area (Å²) in [7, 11) is 0. The van der Waals surface area contributed by atoms with Gasteiger partial charge in [0, 0.05) is 0 Å². The molecule has 0 radical (unpaired) electrons. The number of carboxylic acids is 1. The Labute approximate surface area is 57.8 Å². The minimum Gasteiger partial charge on any atom is -0.481 e. The van der Waals surface area contributed by atoms with E-state index in [1.54, 1.807) is 0 Å². The summed E-state index contributed by atoms with van der Waals surface area (Å²) in [6.07, 6.45) is 0.151. The molecular weight excluding hydrogens is 139 g/mol. The molecule has 0 heterocycles. The summed E-state index contributed by atoms with van der Waals surface area (Å²) < 4.78 is 11.6. The van der Waals surface area contributed by atoms with Crippen molar-refractivity contribution >= 4 is 11.8 Å². The van der Waals surface area contributed by atoms with Gasteiger partial charge in [-0.05, 0) is 6.42 Å². The maximum Gasteiger partial charge on any atom is 0.314 e. The standard InChI is InChI=1S/C6H9FO3/c1-2-4(6(9)10)5(8)3-7/h4H,2-3H2,1H3,(H,9,10). The Kier molecular flexibility index (Phi) is 3.61. The molecule has 0 aromatic heterocycles. The first-order chi connectivity index (χ1) is 4.63. The molecule has 0 saturated heterocycles. The average Bonchev–Trinajstić information content (AvgIpc) is 1.88. The van der Waals surface area contributed by atoms with Crippen molar-refractivity contribution < 1.29 is 19.1 Å². The number of alkyl halides is 1. The zero-order valence-corrected chi connectivity index (χ0v) is 5.63. The molecule has 0 bridgehead atoms. The van der Waals surface area contributed by atoms with Crippen LogP contribution in [-0.2, 0) is 9.59 Å². The number of rotatable bonds is 4. The number of Topliss-reactive ketones (excluding diaryl/α,β-unsaturated/α-hetero) is 1. The monoisotopic (exact) mass is 148 g/mol. The molecule has 3 nitrogen and oxygen atoms in total. The smallest absolute Gasteiger partial charge is 0.314 e. The lowest BCUT2D eigenvalue weighted by Crippen LogP contribution is -2.24. The van der Waals surface area contributed by atoms with Crippen molar-refractivity contribution in [3.8, 4) is 0 Å². The van der Waals surface area contributed by atoms with Crippen molar-refractivity contribution in [3.63, 3.8) is 0 Å². The maximum atomic E-state index is 11.6. The summed E-state index contributed by atoms with van der Waals surface area (Å²) in [5, 5.41) is 8.29. The Balaban J connectivity index is 4.06. The highest BCUT2D eigenvalue weighted by molar-refractivity contribution is 5.98. The predicted molar refractivity (Wildman–Crippen MR) is 32.4 cm³/mol. The zero-order chi connectivity index (χ0) is 8.15. The molecule has 0 rings (SSSR count). The van der Waals surface area contributed by atoms with E-state index in [9.17, 15) is 14.0 Å². The minimum absolute atomic E-state index is 0.151. The van der Waals surface area contributed by atoms with Gasteiger partial charge in [0.1, 0.15) is 12.6 Å². The van der Waals surface area contributed by atoms with Crippen molar-refractivity contribution in [2.45, 2.75) is 13.3 Å². The highest BCUT2D eigenvalue weighted by Crippen LogP contribution is 2.03. The molecule has 0 aromatic rings. The van der Waals surface area contributed by atoms with E-state index in [1.807, 2.05) is 0 Å². The fraction of sp³-hybridized carbons (Fsp3) is 0.667. The van der Waals surface area contributed by atoms with Crippen LogP contribution in [0.25, 0.3) is 0 Å². The van der Waals surface area contributed by atoms with E-state index in [0.717, 1.165) is 0 Å². The molecule has 1 unspecified atom stereocenters. The van der Waals surface area contributed by atoms with E-state index < -0.39 is 24.3 Å². The summed E-state index contributed by atoms with van der Waals surface area (Å²) in [4.78, 5) is 20.6. The van der Waals surface area contributed by atoms with Crippen LogP contribution in [0.1, 0.15) is 13.3 Å². The van der Waals surface area contributed by atoms with Gasteiger partial charge in [0.25, 0.3) is 0 Å². The van der Waals surface area contributed by atoms with Gasteiger partial charge in [0.15, 0.2) is 5.78 Å². The fourth-order valence-electron chi connectivity index (χ4n) is 0.633. The fourth-order valence-corrected chi connectivity index (χ4v) is 0.633. The molecule has 4 heteroatoms. The third kappa shape index (κ3) is 2.13. The number of halogens is 1. The second-order valence-corrected chi connectivity index (χ2v) is 1.90. The van der Waals surface area contributed by atoms with Gasteiger partial charge in [-0.25, -0.2) is 4.39 Å². The Bertz CT molecular complexity index is 144. The molecule has 0 aromatic carbocycles. The highest BCUT2D eigenvalue weighted by Gasteiger charge is 2.22. The van der Waals surface area contributed by atoms with Crippen molar-refractivity contribution in [1.29, 1.82) is 0 Å². The van der Waals surface area contributed by atoms with Crippen LogP contribution in [0.2, 0.25) is 0 Å². The number of carboxylic acid groups (broad SMARTS) is 1. The Hall–Kier alpha value is -0.930. The van der Waals surface area contributed by atoms with Crippen LogP contribution in [0.15, 0.2) is 0 Å². The summed E-state index contributed by atoms with van der Waals surface area (Å²) in [5.74, 6) is -3.26. The van der Waals surface area contributed by atoms with Gasteiger partial charge in [-0.15, -0.1) is 0 Å². The summed E-state index contributed by atoms with van der Waals surface area (Å²) in [6.45, 7) is 0.344. The SMILES string of the molecule is CCC(C(=O)O)C(=O)CF. The molecule has 0 aliphatic heterocycles. The molecule has 0 fully saturated rings. The molecule has 0 spiro atoms. The maximum absolute atomic E-state index is 11.6. The number of carbonyl (C=O) groups is 2. The molecule has 1 N–H and O–H groups in total. The molecule has 0 aliphatic rings. The first kappa shape index (κ1) is 9.07. The van der Waals surface area contributed by atoms with E-state index >= 15 is 0 Å². The van der Waals surface area contributed by atoms with E-state index in [4.69, 9.17) is 5.11 Å². The Morgan fingerprint density at radius 1 is 1.60 bits per heavy atom. The molecule has 10 heavy (non-hydrogen) atoms. The van der Waals surface area contributed by atoms with Crippen LogP contribution in [-0.4, -0.2) is 23.5 Å². The van der Waals surface area contributed by atoms with Gasteiger partial charge in [0.2, 0.25) is 0 Å². The van der Waals surface area contributed by atoms with Gasteiger partial charge in [-0.1, -0.05) is 6.92 Å². The number of aliphatic carboxylic acids is 1. The summed E-state index contributed by atoms with van der Waals surface area (Å²) >= 11 is 0. The summed E-state index contributed by atoms with van der Waals surface area (Å²) in [6, 6.07) is 0. The van der Waals surface area contributed by atoms with E-state index in [0.29, 0.717) is 0 Å². The molecular formula is C6H9FO3. The molecule has 1 atom stereocenters. The lowest BCUT2D eigenvalue weighted by atomic mass is 10.0. The lowest BCUT2D eigenvalue weighted by molar-refractivity contribution is -0.146.